The molecule has 0 aromatic carbocycles. The number of thiazole rings is 1. The third-order valence-electron chi connectivity index (χ3n) is 5.98. The van der Waals surface area contributed by atoms with Crippen molar-refractivity contribution in [2.24, 2.45) is 11.8 Å². The molecule has 2 fully saturated rings. The van der Waals surface area contributed by atoms with Crippen LogP contribution in [-0.4, -0.2) is 28.2 Å². The van der Waals surface area contributed by atoms with Gasteiger partial charge in [-0.15, -0.1) is 0 Å². The van der Waals surface area contributed by atoms with Crippen molar-refractivity contribution in [2.45, 2.75) is 70.8 Å². The summed E-state index contributed by atoms with van der Waals surface area (Å²) in [6.07, 6.45) is 11.0. The first-order valence-electron chi connectivity index (χ1n) is 9.76. The number of hydrogen-bond acceptors (Lipinski definition) is 4. The number of hydrogen-bond donors (Lipinski definition) is 1. The summed E-state index contributed by atoms with van der Waals surface area (Å²) in [7, 11) is 0. The molecule has 0 radical (unpaired) electrons. The highest BCUT2D eigenvalue weighted by Crippen LogP contribution is 2.32. The van der Waals surface area contributed by atoms with E-state index >= 15 is 0 Å². The maximum atomic E-state index is 12.6. The van der Waals surface area contributed by atoms with Gasteiger partial charge in [0.15, 0.2) is 5.13 Å². The Kier molecular flexibility index (Phi) is 5.06. The molecule has 136 valence electrons. The molecule has 2 amide bonds. The van der Waals surface area contributed by atoms with Crippen LogP contribution in [0.15, 0.2) is 0 Å². The summed E-state index contributed by atoms with van der Waals surface area (Å²) in [5, 5.41) is 3.69. The molecule has 0 atom stereocenters. The summed E-state index contributed by atoms with van der Waals surface area (Å²) < 4.78 is 0. The molecular weight excluding hydrogens is 334 g/mol. The van der Waals surface area contributed by atoms with Gasteiger partial charge >= 0.3 is 0 Å². The molecule has 1 aromatic heterocycles. The minimum Gasteiger partial charge on any atom is -0.337 e. The van der Waals surface area contributed by atoms with E-state index in [1.54, 1.807) is 11.3 Å². The van der Waals surface area contributed by atoms with Crippen molar-refractivity contribution in [1.29, 1.82) is 0 Å². The van der Waals surface area contributed by atoms with Crippen LogP contribution in [0.2, 0.25) is 0 Å². The number of rotatable bonds is 4. The number of nitrogens with zero attached hydrogens (tertiary/aromatic N) is 2. The van der Waals surface area contributed by atoms with Crippen molar-refractivity contribution < 1.29 is 9.59 Å². The second kappa shape index (κ2) is 7.44. The molecule has 1 N–H and O–H groups in total. The lowest BCUT2D eigenvalue weighted by atomic mass is 9.85. The van der Waals surface area contributed by atoms with E-state index in [2.05, 4.69) is 10.3 Å². The van der Waals surface area contributed by atoms with E-state index in [9.17, 15) is 9.59 Å². The summed E-state index contributed by atoms with van der Waals surface area (Å²) in [5.41, 5.74) is 1.07. The smallest absolute Gasteiger partial charge is 0.229 e. The molecule has 0 bridgehead atoms. The van der Waals surface area contributed by atoms with Crippen LogP contribution < -0.4 is 5.32 Å². The summed E-state index contributed by atoms with van der Waals surface area (Å²) >= 11 is 1.55. The molecule has 0 saturated heterocycles. The van der Waals surface area contributed by atoms with Gasteiger partial charge in [-0.1, -0.05) is 37.0 Å². The zero-order valence-electron chi connectivity index (χ0n) is 14.8. The summed E-state index contributed by atoms with van der Waals surface area (Å²) in [6, 6.07) is 0. The van der Waals surface area contributed by atoms with E-state index in [4.69, 9.17) is 0 Å². The van der Waals surface area contributed by atoms with Gasteiger partial charge in [-0.25, -0.2) is 4.98 Å². The molecule has 4 rings (SSSR count). The fourth-order valence-corrected chi connectivity index (χ4v) is 5.13. The van der Waals surface area contributed by atoms with Crippen molar-refractivity contribution >= 4 is 28.3 Å². The standard InChI is InChI=1S/C19H27N3O2S/c23-17(11-13-5-2-1-3-6-13)22-10-9-15-16(12-22)25-19(20-15)21-18(24)14-7-4-8-14/h13-14H,1-12H2,(H,20,21,24). The van der Waals surface area contributed by atoms with E-state index in [0.29, 0.717) is 29.9 Å². The van der Waals surface area contributed by atoms with Crippen molar-refractivity contribution in [1.82, 2.24) is 9.88 Å². The Hall–Kier alpha value is -1.43. The fraction of sp³-hybridized carbons (Fsp3) is 0.737. The molecule has 2 aliphatic carbocycles. The predicted molar refractivity (Wildman–Crippen MR) is 98.4 cm³/mol. The van der Waals surface area contributed by atoms with Gasteiger partial charge < -0.3 is 10.2 Å². The molecule has 0 spiro atoms. The van der Waals surface area contributed by atoms with Crippen LogP contribution in [-0.2, 0) is 22.6 Å². The molecule has 1 aromatic rings. The van der Waals surface area contributed by atoms with E-state index in [1.165, 1.54) is 32.1 Å². The second-order valence-corrected chi connectivity index (χ2v) is 8.86. The maximum Gasteiger partial charge on any atom is 0.229 e. The first-order chi connectivity index (χ1) is 12.2. The van der Waals surface area contributed by atoms with E-state index in [1.807, 2.05) is 4.90 Å². The Morgan fingerprint density at radius 2 is 1.92 bits per heavy atom. The summed E-state index contributed by atoms with van der Waals surface area (Å²) in [4.78, 5) is 32.5. The molecule has 1 aliphatic heterocycles. The first kappa shape index (κ1) is 17.0. The number of anilines is 1. The van der Waals surface area contributed by atoms with Gasteiger partial charge in [0.1, 0.15) is 0 Å². The average Bonchev–Trinajstić information content (AvgIpc) is 2.95. The van der Waals surface area contributed by atoms with E-state index in [-0.39, 0.29) is 11.8 Å². The lowest BCUT2D eigenvalue weighted by molar-refractivity contribution is -0.133. The SMILES string of the molecule is O=C(Nc1nc2c(s1)CN(C(=O)CC1CCCCC1)CC2)C1CCC1. The van der Waals surface area contributed by atoms with E-state index in [0.717, 1.165) is 42.8 Å². The quantitative estimate of drug-likeness (QED) is 0.889. The fourth-order valence-electron chi connectivity index (χ4n) is 4.11. The van der Waals surface area contributed by atoms with Gasteiger partial charge in [-0.2, -0.15) is 0 Å². The van der Waals surface area contributed by atoms with Gasteiger partial charge in [-0.05, 0) is 31.6 Å². The Labute approximate surface area is 153 Å². The lowest BCUT2D eigenvalue weighted by Gasteiger charge is -2.29. The Morgan fingerprint density at radius 1 is 1.12 bits per heavy atom. The van der Waals surface area contributed by atoms with Crippen molar-refractivity contribution in [3.8, 4) is 0 Å². The molecule has 3 aliphatic rings. The normalized spacial score (nSPS) is 21.5. The predicted octanol–water partition coefficient (Wildman–Crippen LogP) is 3.74. The minimum absolute atomic E-state index is 0.113. The molecule has 25 heavy (non-hydrogen) atoms. The Morgan fingerprint density at radius 3 is 2.64 bits per heavy atom. The first-order valence-corrected chi connectivity index (χ1v) is 10.6. The number of fused-ring (bicyclic) bond motifs is 1. The van der Waals surface area contributed by atoms with Crippen LogP contribution >= 0.6 is 11.3 Å². The summed E-state index contributed by atoms with van der Waals surface area (Å²) in [5.74, 6) is 1.17. The van der Waals surface area contributed by atoms with Gasteiger partial charge in [-0.3, -0.25) is 9.59 Å². The lowest BCUT2D eigenvalue weighted by Crippen LogP contribution is -2.36. The third kappa shape index (κ3) is 3.89. The number of amides is 2. The Balaban J connectivity index is 1.34. The van der Waals surface area contributed by atoms with Crippen LogP contribution in [0.3, 0.4) is 0 Å². The second-order valence-electron chi connectivity index (χ2n) is 7.78. The van der Waals surface area contributed by atoms with Gasteiger partial charge in [0.25, 0.3) is 0 Å². The molecule has 5 nitrogen and oxygen atoms in total. The van der Waals surface area contributed by atoms with E-state index < -0.39 is 0 Å². The van der Waals surface area contributed by atoms with Gasteiger partial charge in [0.2, 0.25) is 11.8 Å². The van der Waals surface area contributed by atoms with Crippen LogP contribution in [0, 0.1) is 11.8 Å². The number of carbonyl (C=O) groups is 2. The number of aromatic nitrogens is 1. The highest BCUT2D eigenvalue weighted by Gasteiger charge is 2.29. The van der Waals surface area contributed by atoms with Gasteiger partial charge in [0.05, 0.1) is 12.2 Å². The maximum absolute atomic E-state index is 12.6. The topological polar surface area (TPSA) is 62.3 Å². The van der Waals surface area contributed by atoms with Crippen LogP contribution in [0.25, 0.3) is 0 Å². The van der Waals surface area contributed by atoms with Gasteiger partial charge in [0, 0.05) is 30.2 Å². The van der Waals surface area contributed by atoms with Crippen molar-refractivity contribution in [3.05, 3.63) is 10.6 Å². The number of nitrogens with one attached hydrogen (secondary N) is 1. The highest BCUT2D eigenvalue weighted by atomic mass is 32.1. The monoisotopic (exact) mass is 361 g/mol. The third-order valence-corrected chi connectivity index (χ3v) is 6.98. The zero-order valence-corrected chi connectivity index (χ0v) is 15.6. The zero-order chi connectivity index (χ0) is 17.2. The Bertz CT molecular complexity index is 647. The van der Waals surface area contributed by atoms with Crippen LogP contribution in [0.5, 0.6) is 0 Å². The largest absolute Gasteiger partial charge is 0.337 e. The average molecular weight is 362 g/mol. The molecule has 2 heterocycles. The van der Waals surface area contributed by atoms with Crippen LogP contribution in [0.1, 0.15) is 68.4 Å². The molecule has 0 unspecified atom stereocenters. The molecule has 6 heteroatoms. The van der Waals surface area contributed by atoms with Crippen molar-refractivity contribution in [2.75, 3.05) is 11.9 Å². The minimum atomic E-state index is 0.113. The highest BCUT2D eigenvalue weighted by molar-refractivity contribution is 7.15. The molecule has 2 saturated carbocycles. The summed E-state index contributed by atoms with van der Waals surface area (Å²) in [6.45, 7) is 1.43. The van der Waals surface area contributed by atoms with Crippen molar-refractivity contribution in [3.63, 3.8) is 0 Å². The molecular formula is C19H27N3O2S. The number of carbonyl (C=O) groups excluding carboxylic acids is 2. The van der Waals surface area contributed by atoms with Crippen LogP contribution in [0.4, 0.5) is 5.13 Å².